The first-order valence-electron chi connectivity index (χ1n) is 10.9. The van der Waals surface area contributed by atoms with Gasteiger partial charge in [0.1, 0.15) is 10.8 Å². The molecule has 0 saturated carbocycles. The van der Waals surface area contributed by atoms with E-state index in [0.717, 1.165) is 27.4 Å². The van der Waals surface area contributed by atoms with Crippen molar-refractivity contribution in [2.75, 3.05) is 44.6 Å². The van der Waals surface area contributed by atoms with E-state index in [4.69, 9.17) is 4.74 Å². The van der Waals surface area contributed by atoms with E-state index >= 15 is 0 Å². The lowest BCUT2D eigenvalue weighted by Crippen LogP contribution is -2.51. The second-order valence-electron chi connectivity index (χ2n) is 7.97. The molecule has 4 rings (SSSR count). The number of piperazine rings is 1. The normalized spacial score (nSPS) is 14.2. The average Bonchev–Trinajstić information content (AvgIpc) is 3.29. The number of aromatic nitrogens is 2. The summed E-state index contributed by atoms with van der Waals surface area (Å²) in [6, 6.07) is 15.6. The van der Waals surface area contributed by atoms with E-state index < -0.39 is 0 Å². The smallest absolute Gasteiger partial charge is 0.260 e. The van der Waals surface area contributed by atoms with E-state index in [9.17, 15) is 9.59 Å². The van der Waals surface area contributed by atoms with Gasteiger partial charge in [0.05, 0.1) is 6.54 Å². The minimum Gasteiger partial charge on any atom is -0.483 e. The van der Waals surface area contributed by atoms with Gasteiger partial charge in [-0.25, -0.2) is 0 Å². The maximum atomic E-state index is 12.5. The molecule has 33 heavy (non-hydrogen) atoms. The van der Waals surface area contributed by atoms with Crippen molar-refractivity contribution in [2.45, 2.75) is 13.8 Å². The fourth-order valence-electron chi connectivity index (χ4n) is 3.60. The highest BCUT2D eigenvalue weighted by molar-refractivity contribution is 7.18. The average molecular weight is 466 g/mol. The molecule has 1 aliphatic rings. The first-order valence-corrected chi connectivity index (χ1v) is 11.7. The van der Waals surface area contributed by atoms with Gasteiger partial charge in [-0.3, -0.25) is 19.8 Å². The number of amides is 2. The maximum Gasteiger partial charge on any atom is 0.260 e. The van der Waals surface area contributed by atoms with Gasteiger partial charge in [0.2, 0.25) is 11.0 Å². The summed E-state index contributed by atoms with van der Waals surface area (Å²) >= 11 is 1.35. The zero-order valence-corrected chi connectivity index (χ0v) is 19.6. The van der Waals surface area contributed by atoms with E-state index in [0.29, 0.717) is 31.3 Å². The van der Waals surface area contributed by atoms with Crippen LogP contribution in [-0.2, 0) is 9.59 Å². The van der Waals surface area contributed by atoms with Crippen molar-refractivity contribution in [3.8, 4) is 16.3 Å². The molecule has 0 atom stereocenters. The molecule has 9 heteroatoms. The molecule has 8 nitrogen and oxygen atoms in total. The molecule has 1 fully saturated rings. The molecule has 2 heterocycles. The number of carbonyl (C=O) groups excluding carboxylic acids is 2. The Balaban J connectivity index is 1.20. The Morgan fingerprint density at radius 2 is 1.76 bits per heavy atom. The Bertz CT molecular complexity index is 1110. The molecular weight excluding hydrogens is 438 g/mol. The number of hydrogen-bond donors (Lipinski definition) is 1. The molecular formula is C24H27N5O3S. The Labute approximate surface area is 197 Å². The third kappa shape index (κ3) is 5.94. The third-order valence-corrected chi connectivity index (χ3v) is 6.58. The van der Waals surface area contributed by atoms with Gasteiger partial charge < -0.3 is 9.64 Å². The van der Waals surface area contributed by atoms with Crippen molar-refractivity contribution in [1.29, 1.82) is 0 Å². The molecule has 0 aliphatic carbocycles. The van der Waals surface area contributed by atoms with Crippen LogP contribution in [0.4, 0.5) is 5.13 Å². The number of benzene rings is 2. The van der Waals surface area contributed by atoms with Crippen LogP contribution in [0, 0.1) is 13.8 Å². The van der Waals surface area contributed by atoms with Crippen molar-refractivity contribution in [3.05, 3.63) is 59.7 Å². The summed E-state index contributed by atoms with van der Waals surface area (Å²) in [7, 11) is 0. The summed E-state index contributed by atoms with van der Waals surface area (Å²) in [6.07, 6.45) is 0. The SMILES string of the molecule is Cc1cccc(OCC(=O)N2CCN(CC(=O)Nc3nnc(-c4ccccc4)s3)CC2)c1C. The molecule has 2 aromatic carbocycles. The Kier molecular flexibility index (Phi) is 7.31. The molecule has 1 saturated heterocycles. The van der Waals surface area contributed by atoms with Crippen molar-refractivity contribution in [1.82, 2.24) is 20.0 Å². The van der Waals surface area contributed by atoms with Gasteiger partial charge in [-0.15, -0.1) is 10.2 Å². The zero-order valence-electron chi connectivity index (χ0n) is 18.8. The predicted molar refractivity (Wildman–Crippen MR) is 128 cm³/mol. The van der Waals surface area contributed by atoms with Gasteiger partial charge in [0.25, 0.3) is 5.91 Å². The number of carbonyl (C=O) groups is 2. The van der Waals surface area contributed by atoms with E-state index in [1.54, 1.807) is 4.90 Å². The summed E-state index contributed by atoms with van der Waals surface area (Å²) in [6.45, 7) is 6.68. The number of nitrogens with one attached hydrogen (secondary N) is 1. The number of nitrogens with zero attached hydrogens (tertiary/aromatic N) is 4. The molecule has 1 aliphatic heterocycles. The highest BCUT2D eigenvalue weighted by Gasteiger charge is 2.23. The second-order valence-corrected chi connectivity index (χ2v) is 8.95. The van der Waals surface area contributed by atoms with Gasteiger partial charge in [-0.1, -0.05) is 53.8 Å². The summed E-state index contributed by atoms with van der Waals surface area (Å²) in [5.41, 5.74) is 3.15. The lowest BCUT2D eigenvalue weighted by Gasteiger charge is -2.34. The van der Waals surface area contributed by atoms with Gasteiger partial charge in [-0.05, 0) is 31.0 Å². The Morgan fingerprint density at radius 3 is 2.52 bits per heavy atom. The quantitative estimate of drug-likeness (QED) is 0.577. The van der Waals surface area contributed by atoms with Crippen LogP contribution in [-0.4, -0.2) is 71.1 Å². The molecule has 2 amide bonds. The number of rotatable bonds is 7. The van der Waals surface area contributed by atoms with Crippen molar-refractivity contribution < 1.29 is 14.3 Å². The lowest BCUT2D eigenvalue weighted by atomic mass is 10.1. The maximum absolute atomic E-state index is 12.5. The van der Waals surface area contributed by atoms with Gasteiger partial charge in [-0.2, -0.15) is 0 Å². The number of ether oxygens (including phenoxy) is 1. The molecule has 0 bridgehead atoms. The highest BCUT2D eigenvalue weighted by Crippen LogP contribution is 2.26. The van der Waals surface area contributed by atoms with E-state index in [-0.39, 0.29) is 25.0 Å². The van der Waals surface area contributed by atoms with E-state index in [1.807, 2.05) is 67.3 Å². The van der Waals surface area contributed by atoms with E-state index in [2.05, 4.69) is 15.5 Å². The van der Waals surface area contributed by atoms with Crippen molar-refractivity contribution in [2.24, 2.45) is 0 Å². The van der Waals surface area contributed by atoms with Gasteiger partial charge in [0, 0.05) is 31.7 Å². The molecule has 172 valence electrons. The van der Waals surface area contributed by atoms with Crippen molar-refractivity contribution in [3.63, 3.8) is 0 Å². The topological polar surface area (TPSA) is 87.7 Å². The highest BCUT2D eigenvalue weighted by atomic mass is 32.1. The summed E-state index contributed by atoms with van der Waals surface area (Å²) < 4.78 is 5.74. The fraction of sp³-hybridized carbons (Fsp3) is 0.333. The summed E-state index contributed by atoms with van der Waals surface area (Å²) in [5.74, 6) is 0.567. The monoisotopic (exact) mass is 465 g/mol. The predicted octanol–water partition coefficient (Wildman–Crippen LogP) is 2.98. The van der Waals surface area contributed by atoms with Crippen LogP contribution in [0.5, 0.6) is 5.75 Å². The third-order valence-electron chi connectivity index (χ3n) is 5.69. The Hall–Kier alpha value is -3.30. The zero-order chi connectivity index (χ0) is 23.2. The van der Waals surface area contributed by atoms with Crippen LogP contribution in [0.1, 0.15) is 11.1 Å². The van der Waals surface area contributed by atoms with Crippen LogP contribution in [0.25, 0.3) is 10.6 Å². The van der Waals surface area contributed by atoms with Crippen LogP contribution >= 0.6 is 11.3 Å². The molecule has 1 N–H and O–H groups in total. The number of aryl methyl sites for hydroxylation is 1. The molecule has 0 unspecified atom stereocenters. The largest absolute Gasteiger partial charge is 0.483 e. The van der Waals surface area contributed by atoms with Gasteiger partial charge >= 0.3 is 0 Å². The molecule has 1 aromatic heterocycles. The Morgan fingerprint density at radius 1 is 1.00 bits per heavy atom. The van der Waals surface area contributed by atoms with Crippen LogP contribution in [0.15, 0.2) is 48.5 Å². The van der Waals surface area contributed by atoms with Crippen LogP contribution in [0.3, 0.4) is 0 Å². The first kappa shape index (κ1) is 22.9. The van der Waals surface area contributed by atoms with Crippen LogP contribution < -0.4 is 10.1 Å². The first-order chi connectivity index (χ1) is 16.0. The van der Waals surface area contributed by atoms with Crippen molar-refractivity contribution >= 4 is 28.3 Å². The number of hydrogen-bond acceptors (Lipinski definition) is 7. The standard InChI is InChI=1S/C24H27N5O3S/c1-17-7-6-10-20(18(17)2)32-16-22(31)29-13-11-28(12-14-29)15-21(30)25-24-27-26-23(33-24)19-8-4-3-5-9-19/h3-10H,11-16H2,1-2H3,(H,25,27,30). The van der Waals surface area contributed by atoms with E-state index in [1.165, 1.54) is 11.3 Å². The number of anilines is 1. The summed E-state index contributed by atoms with van der Waals surface area (Å²) in [4.78, 5) is 28.8. The van der Waals surface area contributed by atoms with Gasteiger partial charge in [0.15, 0.2) is 6.61 Å². The minimum atomic E-state index is -0.135. The molecule has 0 spiro atoms. The molecule has 3 aromatic rings. The lowest BCUT2D eigenvalue weighted by molar-refractivity contribution is -0.135. The minimum absolute atomic E-state index is 0.0194. The summed E-state index contributed by atoms with van der Waals surface area (Å²) in [5, 5.41) is 12.3. The fourth-order valence-corrected chi connectivity index (χ4v) is 4.36. The molecule has 0 radical (unpaired) electrons. The second kappa shape index (κ2) is 10.5. The van der Waals surface area contributed by atoms with Crippen LogP contribution in [0.2, 0.25) is 0 Å².